The number of benzene rings is 2. The fourth-order valence-electron chi connectivity index (χ4n) is 4.09. The number of para-hydroxylation sites is 2. The quantitative estimate of drug-likeness (QED) is 0.688. The lowest BCUT2D eigenvalue weighted by molar-refractivity contribution is -0.122. The minimum Gasteiger partial charge on any atom is -0.369 e. The van der Waals surface area contributed by atoms with Crippen molar-refractivity contribution < 1.29 is 9.59 Å². The maximum atomic E-state index is 13.0. The molecule has 6 nitrogen and oxygen atoms in total. The third kappa shape index (κ3) is 2.69. The van der Waals surface area contributed by atoms with Crippen molar-refractivity contribution in [1.29, 1.82) is 0 Å². The van der Waals surface area contributed by atoms with Gasteiger partial charge in [-0.1, -0.05) is 18.2 Å². The molecule has 1 aromatic heterocycles. The molecule has 6 heteroatoms. The van der Waals surface area contributed by atoms with Crippen molar-refractivity contribution in [3.8, 4) is 0 Å². The zero-order valence-electron chi connectivity index (χ0n) is 15.3. The number of carbonyl (C=O) groups excluding carboxylic acids is 2. The first-order valence-corrected chi connectivity index (χ1v) is 9.47. The number of piperidine rings is 1. The molecule has 2 amide bonds. The molecule has 0 bridgehead atoms. The first-order chi connectivity index (χ1) is 13.6. The Kier molecular flexibility index (Phi) is 3.79. The van der Waals surface area contributed by atoms with Crippen LogP contribution in [-0.2, 0) is 4.79 Å². The molecule has 140 valence electrons. The number of nitrogens with one attached hydrogen (secondary N) is 2. The molecule has 2 aromatic carbocycles. The van der Waals surface area contributed by atoms with Crippen molar-refractivity contribution in [3.63, 3.8) is 0 Å². The Morgan fingerprint density at radius 2 is 1.79 bits per heavy atom. The minimum atomic E-state index is -0.654. The fraction of sp³-hybridized carbons (Fsp3) is 0.227. The van der Waals surface area contributed by atoms with Gasteiger partial charge in [-0.25, -0.2) is 0 Å². The predicted molar refractivity (Wildman–Crippen MR) is 108 cm³/mol. The summed E-state index contributed by atoms with van der Waals surface area (Å²) in [6.07, 6.45) is 2.90. The van der Waals surface area contributed by atoms with Gasteiger partial charge in [0.25, 0.3) is 5.91 Å². The number of rotatable bonds is 1. The summed E-state index contributed by atoms with van der Waals surface area (Å²) >= 11 is 0. The smallest absolute Gasteiger partial charge is 0.253 e. The van der Waals surface area contributed by atoms with Crippen molar-refractivity contribution in [2.75, 3.05) is 23.7 Å². The average molecular weight is 372 g/mol. The summed E-state index contributed by atoms with van der Waals surface area (Å²) in [5.74, 6) is -0.0210. The Morgan fingerprint density at radius 1 is 1.00 bits per heavy atom. The number of nitrogens with zero attached hydrogens (tertiary/aromatic N) is 2. The third-order valence-electron chi connectivity index (χ3n) is 5.74. The molecule has 5 rings (SSSR count). The Bertz CT molecular complexity index is 1090. The van der Waals surface area contributed by atoms with Crippen LogP contribution in [0.4, 0.5) is 11.4 Å². The molecule has 2 N–H and O–H groups in total. The van der Waals surface area contributed by atoms with E-state index in [0.717, 1.165) is 22.3 Å². The van der Waals surface area contributed by atoms with E-state index in [4.69, 9.17) is 0 Å². The van der Waals surface area contributed by atoms with Crippen LogP contribution in [-0.4, -0.2) is 40.3 Å². The lowest BCUT2D eigenvalue weighted by Gasteiger charge is -2.44. The van der Waals surface area contributed by atoms with Crippen LogP contribution in [0.2, 0.25) is 0 Å². The van der Waals surface area contributed by atoms with Crippen LogP contribution < -0.4 is 10.6 Å². The van der Waals surface area contributed by atoms with Crippen LogP contribution in [0.1, 0.15) is 23.2 Å². The number of carbonyl (C=O) groups is 2. The van der Waals surface area contributed by atoms with E-state index in [1.807, 2.05) is 59.5 Å². The van der Waals surface area contributed by atoms with Gasteiger partial charge in [0.15, 0.2) is 0 Å². The Morgan fingerprint density at radius 3 is 2.61 bits per heavy atom. The summed E-state index contributed by atoms with van der Waals surface area (Å²) in [5.41, 5.74) is 2.62. The normalized spacial score (nSPS) is 17.7. The predicted octanol–water partition coefficient (Wildman–Crippen LogP) is 3.27. The molecule has 0 unspecified atom stereocenters. The molecular formula is C22H20N4O2. The SMILES string of the molecule is O=C(c1ccc2ncccc2c1)N1CCC2(CC1)Nc1ccccc1NC2=O. The molecule has 1 spiro atoms. The van der Waals surface area contributed by atoms with E-state index in [0.29, 0.717) is 31.5 Å². The first-order valence-electron chi connectivity index (χ1n) is 9.47. The van der Waals surface area contributed by atoms with Crippen LogP contribution in [0.15, 0.2) is 60.8 Å². The highest BCUT2D eigenvalue weighted by molar-refractivity contribution is 6.06. The lowest BCUT2D eigenvalue weighted by atomic mass is 9.84. The number of fused-ring (bicyclic) bond motifs is 2. The molecule has 28 heavy (non-hydrogen) atoms. The van der Waals surface area contributed by atoms with E-state index in [-0.39, 0.29) is 11.8 Å². The third-order valence-corrected chi connectivity index (χ3v) is 5.74. The maximum Gasteiger partial charge on any atom is 0.253 e. The Balaban J connectivity index is 1.34. The first kappa shape index (κ1) is 16.7. The molecule has 0 saturated carbocycles. The second-order valence-electron chi connectivity index (χ2n) is 7.41. The molecule has 1 fully saturated rings. The molecule has 3 heterocycles. The van der Waals surface area contributed by atoms with Gasteiger partial charge in [-0.3, -0.25) is 14.6 Å². The Labute approximate surface area is 162 Å². The summed E-state index contributed by atoms with van der Waals surface area (Å²) in [5, 5.41) is 7.38. The molecule has 3 aromatic rings. The van der Waals surface area contributed by atoms with Gasteiger partial charge in [0, 0.05) is 30.2 Å². The van der Waals surface area contributed by atoms with Crippen molar-refractivity contribution in [3.05, 3.63) is 66.4 Å². The van der Waals surface area contributed by atoms with Gasteiger partial charge in [0.2, 0.25) is 5.91 Å². The van der Waals surface area contributed by atoms with Crippen molar-refractivity contribution >= 4 is 34.1 Å². The molecule has 2 aliphatic heterocycles. The van der Waals surface area contributed by atoms with E-state index in [9.17, 15) is 9.59 Å². The van der Waals surface area contributed by atoms with E-state index in [1.165, 1.54) is 0 Å². The summed E-state index contributed by atoms with van der Waals surface area (Å²) < 4.78 is 0. The number of hydrogen-bond donors (Lipinski definition) is 2. The van der Waals surface area contributed by atoms with Gasteiger partial charge in [-0.05, 0) is 49.2 Å². The summed E-state index contributed by atoms with van der Waals surface area (Å²) in [7, 11) is 0. The van der Waals surface area contributed by atoms with Crippen LogP contribution in [0.3, 0.4) is 0 Å². The van der Waals surface area contributed by atoms with Crippen molar-refractivity contribution in [2.45, 2.75) is 18.4 Å². The van der Waals surface area contributed by atoms with Gasteiger partial charge in [-0.2, -0.15) is 0 Å². The molecule has 0 radical (unpaired) electrons. The highest BCUT2D eigenvalue weighted by Gasteiger charge is 2.45. The molecular weight excluding hydrogens is 352 g/mol. The number of anilines is 2. The van der Waals surface area contributed by atoms with E-state index < -0.39 is 5.54 Å². The number of pyridine rings is 1. The fourth-order valence-corrected chi connectivity index (χ4v) is 4.09. The second kappa shape index (κ2) is 6.34. The minimum absolute atomic E-state index is 0.00257. The molecule has 0 atom stereocenters. The van der Waals surface area contributed by atoms with E-state index in [2.05, 4.69) is 15.6 Å². The maximum absolute atomic E-state index is 13.0. The largest absolute Gasteiger partial charge is 0.369 e. The topological polar surface area (TPSA) is 74.3 Å². The van der Waals surface area contributed by atoms with Crippen LogP contribution in [0, 0.1) is 0 Å². The van der Waals surface area contributed by atoms with Gasteiger partial charge in [0.1, 0.15) is 5.54 Å². The summed E-state index contributed by atoms with van der Waals surface area (Å²) in [6.45, 7) is 1.07. The Hall–Kier alpha value is -3.41. The van der Waals surface area contributed by atoms with Crippen molar-refractivity contribution in [1.82, 2.24) is 9.88 Å². The number of amides is 2. The number of hydrogen-bond acceptors (Lipinski definition) is 4. The van der Waals surface area contributed by atoms with E-state index >= 15 is 0 Å². The van der Waals surface area contributed by atoms with E-state index in [1.54, 1.807) is 6.20 Å². The standard InChI is InChI=1S/C22H20N4O2/c27-20(16-7-8-17-15(14-16)4-3-11-23-17)26-12-9-22(10-13-26)21(28)24-18-5-1-2-6-19(18)25-22/h1-8,11,14,25H,9-10,12-13H2,(H,24,28). The van der Waals surface area contributed by atoms with Gasteiger partial charge in [-0.15, -0.1) is 0 Å². The monoisotopic (exact) mass is 372 g/mol. The highest BCUT2D eigenvalue weighted by atomic mass is 16.2. The van der Waals surface area contributed by atoms with Crippen LogP contribution in [0.25, 0.3) is 10.9 Å². The number of aromatic nitrogens is 1. The summed E-state index contributed by atoms with van der Waals surface area (Å²) in [6, 6.07) is 17.1. The highest BCUT2D eigenvalue weighted by Crippen LogP contribution is 2.36. The second-order valence-corrected chi connectivity index (χ2v) is 7.41. The molecule has 1 saturated heterocycles. The zero-order chi connectivity index (χ0) is 19.1. The van der Waals surface area contributed by atoms with Crippen molar-refractivity contribution in [2.24, 2.45) is 0 Å². The average Bonchev–Trinajstić information content (AvgIpc) is 2.74. The van der Waals surface area contributed by atoms with Gasteiger partial charge in [0.05, 0.1) is 16.9 Å². The molecule has 2 aliphatic rings. The zero-order valence-corrected chi connectivity index (χ0v) is 15.3. The van der Waals surface area contributed by atoms with Gasteiger partial charge < -0.3 is 15.5 Å². The number of likely N-dealkylation sites (tertiary alicyclic amines) is 1. The molecule has 0 aliphatic carbocycles. The lowest BCUT2D eigenvalue weighted by Crippen LogP contribution is -2.59. The summed E-state index contributed by atoms with van der Waals surface area (Å²) in [4.78, 5) is 31.9. The van der Waals surface area contributed by atoms with Gasteiger partial charge >= 0.3 is 0 Å². The van der Waals surface area contributed by atoms with Crippen LogP contribution >= 0.6 is 0 Å². The van der Waals surface area contributed by atoms with Crippen LogP contribution in [0.5, 0.6) is 0 Å².